The lowest BCUT2D eigenvalue weighted by atomic mass is 10.1. The van der Waals surface area contributed by atoms with E-state index in [1.165, 1.54) is 31.5 Å². The number of ether oxygens (including phenoxy) is 2. The van der Waals surface area contributed by atoms with Gasteiger partial charge in [-0.1, -0.05) is 19.1 Å². The summed E-state index contributed by atoms with van der Waals surface area (Å²) in [5, 5.41) is 3.59. The molecule has 158 valence electrons. The van der Waals surface area contributed by atoms with Gasteiger partial charge in [-0.15, -0.1) is 0 Å². The topological polar surface area (TPSA) is 33.7 Å². The molecule has 1 atom stereocenters. The van der Waals surface area contributed by atoms with Crippen LogP contribution in [-0.2, 0) is 13.2 Å². The normalized spacial score (nSPS) is 16.9. The van der Waals surface area contributed by atoms with Crippen LogP contribution < -0.4 is 14.8 Å². The Morgan fingerprint density at radius 3 is 2.66 bits per heavy atom. The standard InChI is InChI=1S/C23H30BrFN2O2/c1-3-27-11-5-6-20(27)15-26-14-18-12-21(24)23(22(13-18)28-4-2)29-16-17-7-9-19(25)10-8-17/h7-10,12-13,20,26H,3-6,11,14-16H2,1-2H3/t20-/m1/s1. The predicted octanol–water partition coefficient (Wildman–Crippen LogP) is 5.14. The number of hydrogen-bond acceptors (Lipinski definition) is 4. The number of nitrogens with zero attached hydrogens (tertiary/aromatic N) is 1. The molecule has 0 bridgehead atoms. The third kappa shape index (κ3) is 6.17. The highest BCUT2D eigenvalue weighted by Gasteiger charge is 2.22. The molecule has 0 saturated carbocycles. The van der Waals surface area contributed by atoms with Crippen molar-refractivity contribution in [1.82, 2.24) is 10.2 Å². The van der Waals surface area contributed by atoms with Gasteiger partial charge < -0.3 is 14.8 Å². The third-order valence-electron chi connectivity index (χ3n) is 5.28. The predicted molar refractivity (Wildman–Crippen MR) is 118 cm³/mol. The number of nitrogens with one attached hydrogen (secondary N) is 1. The van der Waals surface area contributed by atoms with Gasteiger partial charge in [-0.05, 0) is 84.2 Å². The fourth-order valence-electron chi connectivity index (χ4n) is 3.79. The van der Waals surface area contributed by atoms with Crippen LogP contribution in [0.2, 0.25) is 0 Å². The summed E-state index contributed by atoms with van der Waals surface area (Å²) in [6.07, 6.45) is 2.56. The summed E-state index contributed by atoms with van der Waals surface area (Å²) in [5.74, 6) is 1.14. The summed E-state index contributed by atoms with van der Waals surface area (Å²) in [5.41, 5.74) is 2.05. The molecule has 3 rings (SSSR count). The maximum atomic E-state index is 13.1. The molecule has 2 aromatic rings. The first-order valence-electron chi connectivity index (χ1n) is 10.4. The summed E-state index contributed by atoms with van der Waals surface area (Å²) < 4.78 is 25.8. The van der Waals surface area contributed by atoms with E-state index in [1.807, 2.05) is 13.0 Å². The lowest BCUT2D eigenvalue weighted by molar-refractivity contribution is 0.259. The maximum absolute atomic E-state index is 13.1. The first-order valence-corrected chi connectivity index (χ1v) is 11.2. The average Bonchev–Trinajstić information content (AvgIpc) is 3.16. The van der Waals surface area contributed by atoms with Crippen molar-refractivity contribution in [2.45, 2.75) is 45.9 Å². The molecule has 1 fully saturated rings. The number of likely N-dealkylation sites (tertiary alicyclic amines) is 1. The molecule has 29 heavy (non-hydrogen) atoms. The molecule has 1 aliphatic heterocycles. The summed E-state index contributed by atoms with van der Waals surface area (Å²) in [6.45, 7) is 9.21. The molecule has 4 nitrogen and oxygen atoms in total. The monoisotopic (exact) mass is 464 g/mol. The van der Waals surface area contributed by atoms with Gasteiger partial charge in [0, 0.05) is 19.1 Å². The molecule has 1 saturated heterocycles. The van der Waals surface area contributed by atoms with Gasteiger partial charge in [-0.25, -0.2) is 4.39 Å². The summed E-state index contributed by atoms with van der Waals surface area (Å²) in [7, 11) is 0. The van der Waals surface area contributed by atoms with Gasteiger partial charge >= 0.3 is 0 Å². The van der Waals surface area contributed by atoms with E-state index in [0.717, 1.165) is 41.0 Å². The fraction of sp³-hybridized carbons (Fsp3) is 0.478. The van der Waals surface area contributed by atoms with E-state index < -0.39 is 0 Å². The molecule has 0 aliphatic carbocycles. The van der Waals surface area contributed by atoms with Gasteiger partial charge in [0.05, 0.1) is 11.1 Å². The first-order chi connectivity index (χ1) is 14.1. The van der Waals surface area contributed by atoms with Crippen molar-refractivity contribution < 1.29 is 13.9 Å². The van der Waals surface area contributed by atoms with E-state index in [2.05, 4.69) is 39.1 Å². The van der Waals surface area contributed by atoms with Crippen molar-refractivity contribution in [1.29, 1.82) is 0 Å². The van der Waals surface area contributed by atoms with Crippen molar-refractivity contribution in [3.8, 4) is 11.5 Å². The minimum Gasteiger partial charge on any atom is -0.490 e. The summed E-state index contributed by atoms with van der Waals surface area (Å²) in [6, 6.07) is 11.1. The Kier molecular flexibility index (Phi) is 8.33. The molecular weight excluding hydrogens is 435 g/mol. The van der Waals surface area contributed by atoms with E-state index in [4.69, 9.17) is 9.47 Å². The number of hydrogen-bond donors (Lipinski definition) is 1. The van der Waals surface area contributed by atoms with Gasteiger partial charge in [0.1, 0.15) is 12.4 Å². The van der Waals surface area contributed by atoms with E-state index in [0.29, 0.717) is 25.0 Å². The molecular formula is C23H30BrFN2O2. The van der Waals surface area contributed by atoms with E-state index in [1.54, 1.807) is 12.1 Å². The quantitative estimate of drug-likeness (QED) is 0.527. The lowest BCUT2D eigenvalue weighted by Gasteiger charge is -2.23. The Morgan fingerprint density at radius 2 is 1.93 bits per heavy atom. The van der Waals surface area contributed by atoms with Gasteiger partial charge in [0.2, 0.25) is 0 Å². The first kappa shape index (κ1) is 22.1. The molecule has 2 aromatic carbocycles. The number of halogens is 2. The second-order valence-electron chi connectivity index (χ2n) is 7.31. The number of likely N-dealkylation sites (N-methyl/N-ethyl adjacent to an activating group) is 1. The average molecular weight is 465 g/mol. The van der Waals surface area contributed by atoms with Crippen LogP contribution in [0.4, 0.5) is 4.39 Å². The fourth-order valence-corrected chi connectivity index (χ4v) is 4.39. The highest BCUT2D eigenvalue weighted by atomic mass is 79.9. The van der Waals surface area contributed by atoms with Crippen LogP contribution in [0.1, 0.15) is 37.8 Å². The molecule has 1 N–H and O–H groups in total. The smallest absolute Gasteiger partial charge is 0.175 e. The van der Waals surface area contributed by atoms with Crippen LogP contribution in [0.15, 0.2) is 40.9 Å². The third-order valence-corrected chi connectivity index (χ3v) is 5.87. The van der Waals surface area contributed by atoms with Crippen LogP contribution in [0.25, 0.3) is 0 Å². The molecule has 6 heteroatoms. The molecule has 0 radical (unpaired) electrons. The van der Waals surface area contributed by atoms with Crippen LogP contribution in [0.5, 0.6) is 11.5 Å². The van der Waals surface area contributed by atoms with Crippen molar-refractivity contribution >= 4 is 15.9 Å². The van der Waals surface area contributed by atoms with E-state index in [9.17, 15) is 4.39 Å². The maximum Gasteiger partial charge on any atom is 0.175 e. The zero-order valence-electron chi connectivity index (χ0n) is 17.2. The van der Waals surface area contributed by atoms with Crippen LogP contribution in [0, 0.1) is 5.82 Å². The van der Waals surface area contributed by atoms with Crippen LogP contribution >= 0.6 is 15.9 Å². The van der Waals surface area contributed by atoms with Gasteiger partial charge in [-0.2, -0.15) is 0 Å². The highest BCUT2D eigenvalue weighted by Crippen LogP contribution is 2.37. The number of rotatable bonds is 10. The van der Waals surface area contributed by atoms with Crippen molar-refractivity contribution in [2.24, 2.45) is 0 Å². The summed E-state index contributed by atoms with van der Waals surface area (Å²) >= 11 is 3.63. The second-order valence-corrected chi connectivity index (χ2v) is 8.16. The van der Waals surface area contributed by atoms with Crippen molar-refractivity contribution in [2.75, 3.05) is 26.2 Å². The highest BCUT2D eigenvalue weighted by molar-refractivity contribution is 9.10. The van der Waals surface area contributed by atoms with Crippen LogP contribution in [0.3, 0.4) is 0 Å². The van der Waals surface area contributed by atoms with Gasteiger partial charge in [0.25, 0.3) is 0 Å². The van der Waals surface area contributed by atoms with Crippen molar-refractivity contribution in [3.05, 3.63) is 57.8 Å². The minimum absolute atomic E-state index is 0.249. The van der Waals surface area contributed by atoms with Gasteiger partial charge in [0.15, 0.2) is 11.5 Å². The molecule has 1 aliphatic rings. The second kappa shape index (κ2) is 11.0. The largest absolute Gasteiger partial charge is 0.490 e. The SMILES string of the molecule is CCOc1cc(CNC[C@H]2CCCN2CC)cc(Br)c1OCc1ccc(F)cc1. The summed E-state index contributed by atoms with van der Waals surface area (Å²) in [4.78, 5) is 2.54. The molecule has 0 amide bonds. The molecule has 0 spiro atoms. The van der Waals surface area contributed by atoms with Gasteiger partial charge in [-0.3, -0.25) is 4.90 Å². The molecule has 0 unspecified atom stereocenters. The Hall–Kier alpha value is -1.63. The minimum atomic E-state index is -0.249. The zero-order valence-corrected chi connectivity index (χ0v) is 18.8. The van der Waals surface area contributed by atoms with E-state index >= 15 is 0 Å². The Balaban J connectivity index is 1.63. The Morgan fingerprint density at radius 1 is 1.14 bits per heavy atom. The molecule has 0 aromatic heterocycles. The zero-order chi connectivity index (χ0) is 20.6. The number of benzene rings is 2. The lowest BCUT2D eigenvalue weighted by Crippen LogP contribution is -2.37. The van der Waals surface area contributed by atoms with E-state index in [-0.39, 0.29) is 5.82 Å². The Bertz CT molecular complexity index is 785. The van der Waals surface area contributed by atoms with Crippen LogP contribution in [-0.4, -0.2) is 37.2 Å². The van der Waals surface area contributed by atoms with Crippen molar-refractivity contribution in [3.63, 3.8) is 0 Å². The molecule has 1 heterocycles. The Labute approximate surface area is 181 Å².